The van der Waals surface area contributed by atoms with E-state index in [1.165, 1.54) is 57.1 Å². The molecule has 39 heavy (non-hydrogen) atoms. The minimum atomic E-state index is -1.41. The van der Waals surface area contributed by atoms with Gasteiger partial charge in [-0.25, -0.2) is 4.79 Å². The molecule has 1 aromatic carbocycles. The molecule has 3 heterocycles. The lowest BCUT2D eigenvalue weighted by Crippen LogP contribution is -2.70. The van der Waals surface area contributed by atoms with Crippen LogP contribution in [0.3, 0.4) is 0 Å². The zero-order valence-electron chi connectivity index (χ0n) is 19.9. The van der Waals surface area contributed by atoms with Crippen molar-refractivity contribution in [2.24, 2.45) is 0 Å². The summed E-state index contributed by atoms with van der Waals surface area (Å²) in [5.74, 6) is -2.88. The number of β-lactam (4-membered cyclic amide) rings is 1. The molecule has 0 radical (unpaired) electrons. The predicted octanol–water partition coefficient (Wildman–Crippen LogP) is 1.19. The highest BCUT2D eigenvalue weighted by molar-refractivity contribution is 8.01. The Bertz CT molecular complexity index is 1340. The van der Waals surface area contributed by atoms with Gasteiger partial charge < -0.3 is 25.4 Å². The second-order valence-corrected chi connectivity index (χ2v) is 12.4. The fourth-order valence-electron chi connectivity index (χ4n) is 3.93. The number of hydrogen-bond donors (Lipinski definition) is 3. The summed E-state index contributed by atoms with van der Waals surface area (Å²) in [5, 5.41) is 33.3. The van der Waals surface area contributed by atoms with E-state index in [-0.39, 0.29) is 23.1 Å². The Morgan fingerprint density at radius 2 is 1.92 bits per heavy atom. The molecular weight excluding hydrogens is 609 g/mol. The van der Waals surface area contributed by atoms with Crippen molar-refractivity contribution in [3.8, 4) is 0 Å². The van der Waals surface area contributed by atoms with Crippen LogP contribution in [-0.4, -0.2) is 74.1 Å². The minimum Gasteiger partial charge on any atom is -0.543 e. The minimum absolute atomic E-state index is 0.00382. The quantitative estimate of drug-likeness (QED) is 0.188. The van der Waals surface area contributed by atoms with E-state index in [2.05, 4.69) is 5.32 Å². The third kappa shape index (κ3) is 6.67. The van der Waals surface area contributed by atoms with Crippen molar-refractivity contribution in [3.63, 3.8) is 0 Å². The number of hydrogen-bond acceptors (Lipinski definition) is 9. The van der Waals surface area contributed by atoms with E-state index < -0.39 is 41.9 Å². The van der Waals surface area contributed by atoms with E-state index in [9.17, 15) is 34.5 Å². The zero-order chi connectivity index (χ0) is 28.3. The lowest BCUT2D eigenvalue weighted by Gasteiger charge is -2.49. The van der Waals surface area contributed by atoms with E-state index in [0.29, 0.717) is 26.3 Å². The number of amides is 2. The van der Waals surface area contributed by atoms with E-state index in [1.54, 1.807) is 30.3 Å². The van der Waals surface area contributed by atoms with Gasteiger partial charge in [-0.15, -0.1) is 35.3 Å². The van der Waals surface area contributed by atoms with Crippen molar-refractivity contribution in [1.29, 1.82) is 0 Å². The van der Waals surface area contributed by atoms with Crippen molar-refractivity contribution >= 4 is 82.2 Å². The molecule has 0 bridgehead atoms. The van der Waals surface area contributed by atoms with Gasteiger partial charge in [-0.05, 0) is 23.8 Å². The number of aliphatic hydroxyl groups is 1. The largest absolute Gasteiger partial charge is 0.543 e. The first kappa shape index (κ1) is 29.6. The van der Waals surface area contributed by atoms with Gasteiger partial charge in [0.1, 0.15) is 29.7 Å². The van der Waals surface area contributed by atoms with Crippen LogP contribution in [0.5, 0.6) is 0 Å². The maximum Gasteiger partial charge on any atom is 0.352 e. The van der Waals surface area contributed by atoms with Crippen molar-refractivity contribution in [1.82, 2.24) is 10.2 Å². The second-order valence-electron chi connectivity index (χ2n) is 8.36. The molecule has 4 rings (SSSR count). The number of rotatable bonds is 11. The number of carboxylic acid groups (broad SMARTS) is 2. The van der Waals surface area contributed by atoms with Crippen LogP contribution >= 0.6 is 58.5 Å². The predicted molar refractivity (Wildman–Crippen MR) is 145 cm³/mol. The number of aromatic nitrogens is 1. The molecule has 0 saturated carbocycles. The van der Waals surface area contributed by atoms with Crippen LogP contribution in [0.25, 0.3) is 0 Å². The first-order valence-corrected chi connectivity index (χ1v) is 15.1. The first-order valence-electron chi connectivity index (χ1n) is 11.3. The number of aliphatic hydroxyl groups excluding tert-OH is 1. The van der Waals surface area contributed by atoms with Gasteiger partial charge in [-0.2, -0.15) is 4.57 Å². The van der Waals surface area contributed by atoms with Gasteiger partial charge in [0.25, 0.3) is 5.91 Å². The third-order valence-corrected chi connectivity index (χ3v) is 10.0. The maximum absolute atomic E-state index is 12.9. The number of carbonyl (C=O) groups excluding carboxylic acids is 3. The molecule has 1 saturated heterocycles. The summed E-state index contributed by atoms with van der Waals surface area (Å²) in [6.45, 7) is -0.618. The highest BCUT2D eigenvalue weighted by Gasteiger charge is 2.54. The summed E-state index contributed by atoms with van der Waals surface area (Å²) in [5.41, 5.74) is 0.461. The zero-order valence-corrected chi connectivity index (χ0v) is 23.9. The SMILES string of the molecule is O=C(CSc1cc(Cl)ccc1Cl)N[C@@H]1C(=O)N2C(C(=O)O)=C(CSc3cc[n+]([C@@H](CO)C(=O)[O-])cc3)CS[C@H]12. The molecule has 2 amide bonds. The van der Waals surface area contributed by atoms with E-state index in [0.717, 1.165) is 4.90 Å². The number of carbonyl (C=O) groups is 4. The smallest absolute Gasteiger partial charge is 0.352 e. The Hall–Kier alpha value is -2.42. The molecule has 10 nitrogen and oxygen atoms in total. The average Bonchev–Trinajstić information content (AvgIpc) is 2.91. The topological polar surface area (TPSA) is 151 Å². The Morgan fingerprint density at radius 3 is 2.56 bits per heavy atom. The molecule has 206 valence electrons. The number of aliphatic carboxylic acids is 2. The number of fused-ring (bicyclic) bond motifs is 1. The maximum atomic E-state index is 12.9. The molecule has 0 spiro atoms. The first-order chi connectivity index (χ1) is 18.6. The Kier molecular flexibility index (Phi) is 9.73. The van der Waals surface area contributed by atoms with E-state index in [1.807, 2.05) is 0 Å². The van der Waals surface area contributed by atoms with Crippen LogP contribution in [0.4, 0.5) is 0 Å². The monoisotopic (exact) mass is 629 g/mol. The second kappa shape index (κ2) is 12.8. The fraction of sp³-hybridized carbons (Fsp3) is 0.292. The molecule has 2 aliphatic heterocycles. The Labute approximate surface area is 245 Å². The number of nitrogens with one attached hydrogen (secondary N) is 1. The van der Waals surface area contributed by atoms with Crippen LogP contribution in [-0.2, 0) is 19.2 Å². The van der Waals surface area contributed by atoms with Crippen molar-refractivity contribution in [2.45, 2.75) is 27.2 Å². The molecule has 15 heteroatoms. The van der Waals surface area contributed by atoms with E-state index in [4.69, 9.17) is 23.2 Å². The molecule has 3 atom stereocenters. The molecule has 0 unspecified atom stereocenters. The number of nitrogens with zero attached hydrogens (tertiary/aromatic N) is 2. The van der Waals surface area contributed by atoms with Crippen LogP contribution < -0.4 is 15.0 Å². The molecule has 2 aliphatic rings. The molecule has 1 fully saturated rings. The third-order valence-electron chi connectivity index (χ3n) is 5.86. The van der Waals surface area contributed by atoms with Crippen molar-refractivity contribution in [2.75, 3.05) is 23.9 Å². The standard InChI is InChI=1S/C24H21Cl2N3O7S3/c25-13-1-2-15(26)17(7-13)38-11-18(31)27-19-21(32)29-20(24(35)36)12(10-39-22(19)29)9-37-14-3-5-28(6-4-14)16(8-30)23(33)34/h1-7,16,19,22,30H,8-11H2,(H2-,27,31,33,34,35,36)/t16-,19+,22+/m0/s1. The summed E-state index contributed by atoms with van der Waals surface area (Å²) in [4.78, 5) is 51.2. The van der Waals surface area contributed by atoms with Gasteiger partial charge in [0.15, 0.2) is 12.4 Å². The number of thioether (sulfide) groups is 3. The molecular formula is C24H21Cl2N3O7S3. The van der Waals surface area contributed by atoms with Gasteiger partial charge in [-0.1, -0.05) is 23.2 Å². The van der Waals surface area contributed by atoms with Gasteiger partial charge in [-0.3, -0.25) is 14.5 Å². The number of halogens is 2. The normalized spacial score (nSPS) is 19.3. The molecule has 0 aliphatic carbocycles. The number of benzene rings is 1. The van der Waals surface area contributed by atoms with E-state index >= 15 is 0 Å². The summed E-state index contributed by atoms with van der Waals surface area (Å²) in [6.07, 6.45) is 2.98. The summed E-state index contributed by atoms with van der Waals surface area (Å²) >= 11 is 16.0. The summed E-state index contributed by atoms with van der Waals surface area (Å²) in [7, 11) is 0. The van der Waals surface area contributed by atoms with Crippen LogP contribution in [0.2, 0.25) is 10.0 Å². The fourth-order valence-corrected chi connectivity index (χ4v) is 7.60. The highest BCUT2D eigenvalue weighted by atomic mass is 35.5. The molecule has 1 aromatic heterocycles. The Morgan fingerprint density at radius 1 is 1.21 bits per heavy atom. The van der Waals surface area contributed by atoms with Crippen LogP contribution in [0, 0.1) is 0 Å². The lowest BCUT2D eigenvalue weighted by molar-refractivity contribution is -0.717. The van der Waals surface area contributed by atoms with Gasteiger partial charge in [0.05, 0.1) is 10.8 Å². The number of carboxylic acids is 2. The van der Waals surface area contributed by atoms with Gasteiger partial charge >= 0.3 is 5.97 Å². The molecule has 3 N–H and O–H groups in total. The van der Waals surface area contributed by atoms with Crippen molar-refractivity contribution in [3.05, 3.63) is 64.0 Å². The summed E-state index contributed by atoms with van der Waals surface area (Å²) in [6, 6.07) is 6.15. The summed E-state index contributed by atoms with van der Waals surface area (Å²) < 4.78 is 1.30. The van der Waals surface area contributed by atoms with Gasteiger partial charge in [0, 0.05) is 38.5 Å². The van der Waals surface area contributed by atoms with Crippen LogP contribution in [0.15, 0.2) is 63.8 Å². The highest BCUT2D eigenvalue weighted by Crippen LogP contribution is 2.41. The van der Waals surface area contributed by atoms with Gasteiger partial charge in [0.2, 0.25) is 11.9 Å². The van der Waals surface area contributed by atoms with Crippen LogP contribution in [0.1, 0.15) is 6.04 Å². The average molecular weight is 631 g/mol. The lowest BCUT2D eigenvalue weighted by atomic mass is 10.0. The number of pyridine rings is 1. The molecule has 2 aromatic rings. The Balaban J connectivity index is 1.37. The van der Waals surface area contributed by atoms with Crippen molar-refractivity contribution < 1.29 is 39.1 Å².